The van der Waals surface area contributed by atoms with Crippen LogP contribution in [0.15, 0.2) is 46.8 Å². The van der Waals surface area contributed by atoms with Gasteiger partial charge in [-0.05, 0) is 12.5 Å². The second kappa shape index (κ2) is 11.4. The minimum absolute atomic E-state index is 0.0331. The maximum atomic E-state index is 12.8. The standard InChI is InChI=1S/C21H23N3O9/c1-12-17(20(27)31-2)18(13-5-4-6-14(9-13)24(29)30)19(21(28)32-3)15(23-12)10-16(26)33-8-7-22-11-25/h4-6,9,11,18,23H,7-8,10H2,1-3H3,(H,22,25). The lowest BCUT2D eigenvalue weighted by atomic mass is 9.79. The summed E-state index contributed by atoms with van der Waals surface area (Å²) in [5.41, 5.74) is 0.346. The molecule has 12 heteroatoms. The summed E-state index contributed by atoms with van der Waals surface area (Å²) in [4.78, 5) is 58.7. The Bertz CT molecular complexity index is 1030. The highest BCUT2D eigenvalue weighted by atomic mass is 16.6. The van der Waals surface area contributed by atoms with Gasteiger partial charge in [0.15, 0.2) is 0 Å². The number of nitro benzene ring substituents is 1. The number of rotatable bonds is 10. The van der Waals surface area contributed by atoms with Crippen molar-refractivity contribution in [1.29, 1.82) is 0 Å². The van der Waals surface area contributed by atoms with Gasteiger partial charge in [0.1, 0.15) is 6.61 Å². The predicted molar refractivity (Wildman–Crippen MR) is 112 cm³/mol. The minimum atomic E-state index is -1.11. The molecule has 12 nitrogen and oxygen atoms in total. The molecule has 0 saturated heterocycles. The quantitative estimate of drug-likeness (QED) is 0.127. The van der Waals surface area contributed by atoms with Gasteiger partial charge in [0.25, 0.3) is 5.69 Å². The molecule has 176 valence electrons. The Hall–Kier alpha value is -4.22. The number of nitro groups is 1. The smallest absolute Gasteiger partial charge is 0.336 e. The average Bonchev–Trinajstić information content (AvgIpc) is 2.80. The third-order valence-corrected chi connectivity index (χ3v) is 4.78. The molecule has 1 aliphatic rings. The van der Waals surface area contributed by atoms with Gasteiger partial charge in [-0.25, -0.2) is 9.59 Å². The monoisotopic (exact) mass is 461 g/mol. The summed E-state index contributed by atoms with van der Waals surface area (Å²) in [6, 6.07) is 5.44. The summed E-state index contributed by atoms with van der Waals surface area (Å²) in [5.74, 6) is -3.43. The summed E-state index contributed by atoms with van der Waals surface area (Å²) >= 11 is 0. The van der Waals surface area contributed by atoms with Crippen molar-refractivity contribution in [2.24, 2.45) is 0 Å². The molecular formula is C21H23N3O9. The number of carbonyl (C=O) groups is 4. The van der Waals surface area contributed by atoms with Crippen LogP contribution in [0.1, 0.15) is 24.8 Å². The SMILES string of the molecule is COC(=O)C1=C(C)NC(CC(=O)OCCNC=O)=C(C(=O)OC)C1c1cccc([N+](=O)[O-])c1. The molecule has 0 bridgehead atoms. The van der Waals surface area contributed by atoms with Gasteiger partial charge in [-0.2, -0.15) is 0 Å². The molecule has 0 aromatic heterocycles. The van der Waals surface area contributed by atoms with Crippen LogP contribution in [-0.2, 0) is 33.4 Å². The van der Waals surface area contributed by atoms with E-state index in [2.05, 4.69) is 10.6 Å². The molecule has 0 fully saturated rings. The Morgan fingerprint density at radius 3 is 2.45 bits per heavy atom. The first-order chi connectivity index (χ1) is 15.7. The molecule has 1 aromatic rings. The van der Waals surface area contributed by atoms with Gasteiger partial charge in [0.2, 0.25) is 6.41 Å². The van der Waals surface area contributed by atoms with Crippen molar-refractivity contribution in [1.82, 2.24) is 10.6 Å². The van der Waals surface area contributed by atoms with Gasteiger partial charge in [0, 0.05) is 23.5 Å². The predicted octanol–water partition coefficient (Wildman–Crippen LogP) is 0.835. The molecule has 1 amide bonds. The second-order valence-electron chi connectivity index (χ2n) is 6.79. The maximum absolute atomic E-state index is 12.8. The number of carbonyl (C=O) groups excluding carboxylic acids is 4. The normalized spacial score (nSPS) is 15.3. The number of methoxy groups -OCH3 is 2. The van der Waals surface area contributed by atoms with E-state index in [0.717, 1.165) is 14.2 Å². The molecule has 1 atom stereocenters. The number of amides is 1. The van der Waals surface area contributed by atoms with Crippen molar-refractivity contribution in [2.45, 2.75) is 19.3 Å². The van der Waals surface area contributed by atoms with Gasteiger partial charge in [-0.15, -0.1) is 0 Å². The Morgan fingerprint density at radius 2 is 1.85 bits per heavy atom. The van der Waals surface area contributed by atoms with Gasteiger partial charge < -0.3 is 24.8 Å². The first-order valence-corrected chi connectivity index (χ1v) is 9.69. The van der Waals surface area contributed by atoms with Gasteiger partial charge in [-0.3, -0.25) is 19.7 Å². The van der Waals surface area contributed by atoms with Crippen LogP contribution in [0.25, 0.3) is 0 Å². The van der Waals surface area contributed by atoms with Crippen molar-refractivity contribution in [2.75, 3.05) is 27.4 Å². The number of nitrogens with zero attached hydrogens (tertiary/aromatic N) is 1. The lowest BCUT2D eigenvalue weighted by Crippen LogP contribution is -2.34. The van der Waals surface area contributed by atoms with Crippen LogP contribution in [0, 0.1) is 10.1 Å². The number of dihydropyridines is 1. The topological polar surface area (TPSA) is 163 Å². The average molecular weight is 461 g/mol. The Labute approximate surface area is 188 Å². The number of hydrogen-bond donors (Lipinski definition) is 2. The third-order valence-electron chi connectivity index (χ3n) is 4.78. The number of benzene rings is 1. The Balaban J connectivity index is 2.59. The van der Waals surface area contributed by atoms with E-state index in [9.17, 15) is 29.3 Å². The fourth-order valence-electron chi connectivity index (χ4n) is 3.40. The summed E-state index contributed by atoms with van der Waals surface area (Å²) in [6.45, 7) is 1.56. The van der Waals surface area contributed by atoms with Crippen LogP contribution in [0.5, 0.6) is 0 Å². The molecule has 0 spiro atoms. The van der Waals surface area contributed by atoms with Gasteiger partial charge in [0.05, 0.1) is 49.2 Å². The molecule has 0 radical (unpaired) electrons. The zero-order valence-electron chi connectivity index (χ0n) is 18.2. The van der Waals surface area contributed by atoms with Crippen molar-refractivity contribution < 1.29 is 38.3 Å². The first-order valence-electron chi connectivity index (χ1n) is 9.69. The maximum Gasteiger partial charge on any atom is 0.336 e. The molecule has 2 N–H and O–H groups in total. The molecule has 1 aliphatic heterocycles. The van der Waals surface area contributed by atoms with Crippen LogP contribution in [0.4, 0.5) is 5.69 Å². The highest BCUT2D eigenvalue weighted by Gasteiger charge is 2.39. The van der Waals surface area contributed by atoms with E-state index in [4.69, 9.17) is 14.2 Å². The second-order valence-corrected chi connectivity index (χ2v) is 6.79. The molecule has 0 saturated carbocycles. The fraction of sp³-hybridized carbons (Fsp3) is 0.333. The van der Waals surface area contributed by atoms with E-state index in [0.29, 0.717) is 6.41 Å². The molecule has 33 heavy (non-hydrogen) atoms. The van der Waals surface area contributed by atoms with E-state index in [1.54, 1.807) is 6.92 Å². The molecule has 1 aromatic carbocycles. The minimum Gasteiger partial charge on any atom is -0.466 e. The first kappa shape index (κ1) is 25.0. The summed E-state index contributed by atoms with van der Waals surface area (Å²) in [6.07, 6.45) is 0.0727. The van der Waals surface area contributed by atoms with Crippen molar-refractivity contribution in [3.8, 4) is 0 Å². The van der Waals surface area contributed by atoms with Crippen LogP contribution in [0.3, 0.4) is 0 Å². The zero-order chi connectivity index (χ0) is 24.5. The highest BCUT2D eigenvalue weighted by molar-refractivity contribution is 6.00. The van der Waals surface area contributed by atoms with E-state index in [1.165, 1.54) is 24.3 Å². The van der Waals surface area contributed by atoms with Crippen LogP contribution < -0.4 is 10.6 Å². The highest BCUT2D eigenvalue weighted by Crippen LogP contribution is 2.40. The Kier molecular flexibility index (Phi) is 8.66. The van der Waals surface area contributed by atoms with E-state index in [-0.39, 0.29) is 53.4 Å². The summed E-state index contributed by atoms with van der Waals surface area (Å²) in [7, 11) is 2.29. The summed E-state index contributed by atoms with van der Waals surface area (Å²) in [5, 5.41) is 16.5. The lowest BCUT2D eigenvalue weighted by Gasteiger charge is -2.31. The van der Waals surface area contributed by atoms with Crippen molar-refractivity contribution >= 4 is 30.0 Å². The van der Waals surface area contributed by atoms with Crippen LogP contribution >= 0.6 is 0 Å². The number of hydrogen-bond acceptors (Lipinski definition) is 10. The molecule has 0 aliphatic carbocycles. The number of esters is 3. The number of ether oxygens (including phenoxy) is 3. The number of allylic oxidation sites excluding steroid dienone is 1. The third kappa shape index (κ3) is 5.93. The van der Waals surface area contributed by atoms with Crippen molar-refractivity contribution in [3.63, 3.8) is 0 Å². The van der Waals surface area contributed by atoms with Crippen LogP contribution in [-0.4, -0.2) is 56.6 Å². The van der Waals surface area contributed by atoms with E-state index < -0.39 is 28.7 Å². The molecule has 2 rings (SSSR count). The lowest BCUT2D eigenvalue weighted by molar-refractivity contribution is -0.384. The number of non-ortho nitro benzene ring substituents is 1. The van der Waals surface area contributed by atoms with E-state index >= 15 is 0 Å². The fourth-order valence-corrected chi connectivity index (χ4v) is 3.40. The van der Waals surface area contributed by atoms with Crippen molar-refractivity contribution in [3.05, 3.63) is 62.5 Å². The molecular weight excluding hydrogens is 438 g/mol. The largest absolute Gasteiger partial charge is 0.466 e. The number of nitrogens with one attached hydrogen (secondary N) is 2. The van der Waals surface area contributed by atoms with Gasteiger partial charge in [-0.1, -0.05) is 12.1 Å². The zero-order valence-corrected chi connectivity index (χ0v) is 18.2. The summed E-state index contributed by atoms with van der Waals surface area (Å²) < 4.78 is 14.8. The Morgan fingerprint density at radius 1 is 1.18 bits per heavy atom. The molecule has 1 heterocycles. The van der Waals surface area contributed by atoms with E-state index in [1.807, 2.05) is 0 Å². The molecule has 1 unspecified atom stereocenters. The van der Waals surface area contributed by atoms with Crippen LogP contribution in [0.2, 0.25) is 0 Å². The van der Waals surface area contributed by atoms with Gasteiger partial charge >= 0.3 is 17.9 Å².